The Hall–Kier alpha value is -1.64. The Kier molecular flexibility index (Phi) is 5.78. The van der Waals surface area contributed by atoms with Gasteiger partial charge in [-0.15, -0.1) is 0 Å². The number of ether oxygens (including phenoxy) is 1. The summed E-state index contributed by atoms with van der Waals surface area (Å²) in [6.45, 7) is 3.78. The standard InChI is InChI=1S/C18H23NO/c1-15(12-16-8-4-3-5-9-16)19-13-17-10-6-7-11-18(17)14-20-2/h3-11,15,19H,12-14H2,1-2H3. The maximum absolute atomic E-state index is 5.24. The van der Waals surface area contributed by atoms with Gasteiger partial charge in [-0.2, -0.15) is 0 Å². The van der Waals surface area contributed by atoms with Crippen LogP contribution in [-0.2, 0) is 24.3 Å². The minimum absolute atomic E-state index is 0.452. The first kappa shape index (κ1) is 14.8. The van der Waals surface area contributed by atoms with Crippen molar-refractivity contribution in [3.63, 3.8) is 0 Å². The molecule has 20 heavy (non-hydrogen) atoms. The van der Waals surface area contributed by atoms with Crippen molar-refractivity contribution in [3.8, 4) is 0 Å². The molecule has 0 spiro atoms. The van der Waals surface area contributed by atoms with Gasteiger partial charge in [0.1, 0.15) is 0 Å². The van der Waals surface area contributed by atoms with Gasteiger partial charge in [0, 0.05) is 19.7 Å². The third-order valence-electron chi connectivity index (χ3n) is 3.44. The van der Waals surface area contributed by atoms with E-state index in [9.17, 15) is 0 Å². The molecular formula is C18H23NO. The summed E-state index contributed by atoms with van der Waals surface area (Å²) in [5.74, 6) is 0. The lowest BCUT2D eigenvalue weighted by atomic mass is 10.1. The maximum atomic E-state index is 5.24. The van der Waals surface area contributed by atoms with Gasteiger partial charge in [-0.1, -0.05) is 54.6 Å². The Balaban J connectivity index is 1.88. The van der Waals surface area contributed by atoms with Crippen LogP contribution in [-0.4, -0.2) is 13.2 Å². The molecule has 0 aliphatic heterocycles. The van der Waals surface area contributed by atoms with E-state index < -0.39 is 0 Å². The molecule has 1 atom stereocenters. The van der Waals surface area contributed by atoms with E-state index in [0.717, 1.165) is 13.0 Å². The summed E-state index contributed by atoms with van der Waals surface area (Å²) in [5.41, 5.74) is 3.95. The average Bonchev–Trinajstić information content (AvgIpc) is 2.48. The predicted octanol–water partition coefficient (Wildman–Crippen LogP) is 3.55. The number of hydrogen-bond donors (Lipinski definition) is 1. The van der Waals surface area contributed by atoms with Crippen molar-refractivity contribution >= 4 is 0 Å². The van der Waals surface area contributed by atoms with Gasteiger partial charge in [-0.05, 0) is 30.0 Å². The quantitative estimate of drug-likeness (QED) is 0.830. The third kappa shape index (κ3) is 4.48. The van der Waals surface area contributed by atoms with Crippen molar-refractivity contribution in [3.05, 3.63) is 71.3 Å². The monoisotopic (exact) mass is 269 g/mol. The first-order valence-electron chi connectivity index (χ1n) is 7.12. The lowest BCUT2D eigenvalue weighted by molar-refractivity contribution is 0.184. The molecule has 0 saturated heterocycles. The highest BCUT2D eigenvalue weighted by Gasteiger charge is 2.05. The molecule has 0 saturated carbocycles. The Labute approximate surface area is 121 Å². The predicted molar refractivity (Wildman–Crippen MR) is 83.6 cm³/mol. The molecule has 0 bridgehead atoms. The highest BCUT2D eigenvalue weighted by molar-refractivity contribution is 5.26. The molecule has 106 valence electrons. The fourth-order valence-corrected chi connectivity index (χ4v) is 2.35. The van der Waals surface area contributed by atoms with E-state index in [2.05, 4.69) is 66.8 Å². The van der Waals surface area contributed by atoms with Crippen LogP contribution < -0.4 is 5.32 Å². The van der Waals surface area contributed by atoms with Crippen molar-refractivity contribution in [2.75, 3.05) is 7.11 Å². The molecule has 2 aromatic rings. The third-order valence-corrected chi connectivity index (χ3v) is 3.44. The topological polar surface area (TPSA) is 21.3 Å². The van der Waals surface area contributed by atoms with Gasteiger partial charge in [-0.25, -0.2) is 0 Å². The highest BCUT2D eigenvalue weighted by Crippen LogP contribution is 2.10. The van der Waals surface area contributed by atoms with Crippen molar-refractivity contribution in [2.24, 2.45) is 0 Å². The Morgan fingerprint density at radius 3 is 2.30 bits per heavy atom. The van der Waals surface area contributed by atoms with Crippen LogP contribution in [0.15, 0.2) is 54.6 Å². The van der Waals surface area contributed by atoms with Gasteiger partial charge < -0.3 is 10.1 Å². The SMILES string of the molecule is COCc1ccccc1CNC(C)Cc1ccccc1. The van der Waals surface area contributed by atoms with Crippen LogP contribution in [0.3, 0.4) is 0 Å². The fraction of sp³-hybridized carbons (Fsp3) is 0.333. The lowest BCUT2D eigenvalue weighted by Crippen LogP contribution is -2.28. The Bertz CT molecular complexity index is 510. The molecule has 2 heteroatoms. The second-order valence-electron chi connectivity index (χ2n) is 5.17. The maximum Gasteiger partial charge on any atom is 0.0716 e. The van der Waals surface area contributed by atoms with Crippen molar-refractivity contribution in [2.45, 2.75) is 32.5 Å². The van der Waals surface area contributed by atoms with Crippen molar-refractivity contribution < 1.29 is 4.74 Å². The largest absolute Gasteiger partial charge is 0.380 e. The second-order valence-corrected chi connectivity index (χ2v) is 5.17. The van der Waals surface area contributed by atoms with Gasteiger partial charge in [0.25, 0.3) is 0 Å². The molecule has 0 aliphatic rings. The lowest BCUT2D eigenvalue weighted by Gasteiger charge is -2.16. The number of benzene rings is 2. The molecule has 0 aliphatic carbocycles. The molecule has 1 unspecified atom stereocenters. The van der Waals surface area contributed by atoms with E-state index in [-0.39, 0.29) is 0 Å². The van der Waals surface area contributed by atoms with E-state index in [1.54, 1.807) is 7.11 Å². The van der Waals surface area contributed by atoms with E-state index in [0.29, 0.717) is 12.6 Å². The molecule has 2 rings (SSSR count). The number of hydrogen-bond acceptors (Lipinski definition) is 2. The summed E-state index contributed by atoms with van der Waals surface area (Å²) in [7, 11) is 1.74. The van der Waals surface area contributed by atoms with Gasteiger partial charge in [0.15, 0.2) is 0 Å². The Morgan fingerprint density at radius 2 is 1.60 bits per heavy atom. The van der Waals surface area contributed by atoms with Gasteiger partial charge in [0.2, 0.25) is 0 Å². The smallest absolute Gasteiger partial charge is 0.0716 e. The summed E-state index contributed by atoms with van der Waals surface area (Å²) >= 11 is 0. The summed E-state index contributed by atoms with van der Waals surface area (Å²) in [5, 5.41) is 3.59. The number of rotatable bonds is 7. The molecule has 0 heterocycles. The summed E-state index contributed by atoms with van der Waals surface area (Å²) in [6, 6.07) is 19.5. The van der Waals surface area contributed by atoms with Crippen molar-refractivity contribution in [1.29, 1.82) is 0 Å². The van der Waals surface area contributed by atoms with Crippen LogP contribution in [0.5, 0.6) is 0 Å². The van der Waals surface area contributed by atoms with Gasteiger partial charge in [-0.3, -0.25) is 0 Å². The molecule has 2 aromatic carbocycles. The normalized spacial score (nSPS) is 12.3. The number of methoxy groups -OCH3 is 1. The first-order chi connectivity index (χ1) is 9.79. The van der Waals surface area contributed by atoms with Crippen LogP contribution in [0.4, 0.5) is 0 Å². The highest BCUT2D eigenvalue weighted by atomic mass is 16.5. The molecule has 0 radical (unpaired) electrons. The second kappa shape index (κ2) is 7.83. The van der Waals surface area contributed by atoms with E-state index in [1.807, 2.05) is 0 Å². The van der Waals surface area contributed by atoms with E-state index >= 15 is 0 Å². The molecule has 0 fully saturated rings. The molecule has 0 amide bonds. The minimum Gasteiger partial charge on any atom is -0.380 e. The zero-order chi connectivity index (χ0) is 14.2. The van der Waals surface area contributed by atoms with E-state index in [1.165, 1.54) is 16.7 Å². The molecule has 0 aromatic heterocycles. The number of nitrogens with one attached hydrogen (secondary N) is 1. The summed E-state index contributed by atoms with van der Waals surface area (Å²) in [4.78, 5) is 0. The van der Waals surface area contributed by atoms with Crippen LogP contribution >= 0.6 is 0 Å². The van der Waals surface area contributed by atoms with Gasteiger partial charge >= 0.3 is 0 Å². The molecular weight excluding hydrogens is 246 g/mol. The van der Waals surface area contributed by atoms with Gasteiger partial charge in [0.05, 0.1) is 6.61 Å². The Morgan fingerprint density at radius 1 is 0.950 bits per heavy atom. The molecule has 2 nitrogen and oxygen atoms in total. The zero-order valence-electron chi connectivity index (χ0n) is 12.3. The fourth-order valence-electron chi connectivity index (χ4n) is 2.35. The average molecular weight is 269 g/mol. The van der Waals surface area contributed by atoms with Crippen LogP contribution in [0.1, 0.15) is 23.6 Å². The van der Waals surface area contributed by atoms with E-state index in [4.69, 9.17) is 4.74 Å². The van der Waals surface area contributed by atoms with Crippen LogP contribution in [0.2, 0.25) is 0 Å². The first-order valence-corrected chi connectivity index (χ1v) is 7.12. The molecule has 1 N–H and O–H groups in total. The summed E-state index contributed by atoms with van der Waals surface area (Å²) < 4.78 is 5.24. The van der Waals surface area contributed by atoms with Crippen molar-refractivity contribution in [1.82, 2.24) is 5.32 Å². The summed E-state index contributed by atoms with van der Waals surface area (Å²) in [6.07, 6.45) is 1.05. The minimum atomic E-state index is 0.452. The zero-order valence-corrected chi connectivity index (χ0v) is 12.3. The van der Waals surface area contributed by atoms with Crippen LogP contribution in [0, 0.1) is 0 Å². The van der Waals surface area contributed by atoms with Crippen LogP contribution in [0.25, 0.3) is 0 Å².